The van der Waals surface area contributed by atoms with Gasteiger partial charge in [-0.3, -0.25) is 14.8 Å². The third-order valence-electron chi connectivity index (χ3n) is 4.01. The first-order valence-corrected chi connectivity index (χ1v) is 7.36. The third kappa shape index (κ3) is 3.10. The first kappa shape index (κ1) is 13.7. The van der Waals surface area contributed by atoms with E-state index in [1.54, 1.807) is 18.5 Å². The number of rotatable bonds is 2. The van der Waals surface area contributed by atoms with Crippen molar-refractivity contribution < 1.29 is 4.79 Å². The van der Waals surface area contributed by atoms with Crippen LogP contribution < -0.4 is 0 Å². The Kier molecular flexibility index (Phi) is 3.95. The number of aryl methyl sites for hydroxylation is 1. The Bertz CT molecular complexity index is 627. The van der Waals surface area contributed by atoms with Crippen LogP contribution >= 0.6 is 0 Å². The number of pyridine rings is 2. The molecule has 1 saturated heterocycles. The molecule has 2 aromatic rings. The van der Waals surface area contributed by atoms with Crippen molar-refractivity contribution in [3.05, 3.63) is 59.7 Å². The number of hydrogen-bond donors (Lipinski definition) is 0. The predicted octanol–water partition coefficient (Wildman–Crippen LogP) is 2.80. The van der Waals surface area contributed by atoms with Gasteiger partial charge in [-0.2, -0.15) is 0 Å². The summed E-state index contributed by atoms with van der Waals surface area (Å²) in [7, 11) is 0. The van der Waals surface area contributed by atoms with Crippen LogP contribution in [0.4, 0.5) is 0 Å². The largest absolute Gasteiger partial charge is 0.338 e. The topological polar surface area (TPSA) is 46.1 Å². The SMILES string of the molecule is Cc1cc([C@H]2CCCN(C(=O)c3cccnc3)C2)ccn1. The molecule has 4 nitrogen and oxygen atoms in total. The molecule has 1 aliphatic heterocycles. The minimum atomic E-state index is 0.0820. The summed E-state index contributed by atoms with van der Waals surface area (Å²) in [6.07, 6.45) is 7.35. The molecule has 0 bridgehead atoms. The summed E-state index contributed by atoms with van der Waals surface area (Å²) in [6.45, 7) is 3.61. The Labute approximate surface area is 124 Å². The van der Waals surface area contributed by atoms with Crippen LogP contribution in [-0.4, -0.2) is 33.9 Å². The Morgan fingerprint density at radius 1 is 1.33 bits per heavy atom. The highest BCUT2D eigenvalue weighted by molar-refractivity contribution is 5.94. The van der Waals surface area contributed by atoms with Crippen molar-refractivity contribution >= 4 is 5.91 Å². The standard InChI is InChI=1S/C17H19N3O/c1-13-10-14(6-8-19-13)16-5-3-9-20(12-16)17(21)15-4-2-7-18-11-15/h2,4,6-8,10-11,16H,3,5,9,12H2,1H3/t16-/m0/s1. The van der Waals surface area contributed by atoms with Gasteiger partial charge in [0.1, 0.15) is 0 Å². The van der Waals surface area contributed by atoms with Crippen LogP contribution in [0, 0.1) is 6.92 Å². The number of carbonyl (C=O) groups is 1. The fourth-order valence-electron chi connectivity index (χ4n) is 2.93. The second-order valence-corrected chi connectivity index (χ2v) is 5.56. The number of hydrogen-bond acceptors (Lipinski definition) is 3. The molecule has 3 rings (SSSR count). The monoisotopic (exact) mass is 281 g/mol. The zero-order valence-corrected chi connectivity index (χ0v) is 12.2. The molecule has 0 aromatic carbocycles. The van der Waals surface area contributed by atoms with E-state index in [0.717, 1.165) is 31.6 Å². The highest BCUT2D eigenvalue weighted by Gasteiger charge is 2.25. The minimum absolute atomic E-state index is 0.0820. The third-order valence-corrected chi connectivity index (χ3v) is 4.01. The first-order chi connectivity index (χ1) is 10.2. The molecule has 1 aliphatic rings. The summed E-state index contributed by atoms with van der Waals surface area (Å²) < 4.78 is 0. The first-order valence-electron chi connectivity index (χ1n) is 7.36. The summed E-state index contributed by atoms with van der Waals surface area (Å²) in [5, 5.41) is 0. The second kappa shape index (κ2) is 6.04. The minimum Gasteiger partial charge on any atom is -0.338 e. The van der Waals surface area contributed by atoms with Gasteiger partial charge >= 0.3 is 0 Å². The Morgan fingerprint density at radius 3 is 3.00 bits per heavy atom. The number of carbonyl (C=O) groups excluding carboxylic acids is 1. The van der Waals surface area contributed by atoms with E-state index in [1.807, 2.05) is 24.1 Å². The molecule has 21 heavy (non-hydrogen) atoms. The average Bonchev–Trinajstić information content (AvgIpc) is 2.55. The fourth-order valence-corrected chi connectivity index (χ4v) is 2.93. The summed E-state index contributed by atoms with van der Waals surface area (Å²) in [4.78, 5) is 22.7. The van der Waals surface area contributed by atoms with Crippen LogP contribution in [0.2, 0.25) is 0 Å². The maximum atomic E-state index is 12.5. The van der Waals surface area contributed by atoms with E-state index in [-0.39, 0.29) is 5.91 Å². The normalized spacial score (nSPS) is 18.5. The van der Waals surface area contributed by atoms with Crippen molar-refractivity contribution in [2.45, 2.75) is 25.7 Å². The van der Waals surface area contributed by atoms with E-state index in [2.05, 4.69) is 22.1 Å². The van der Waals surface area contributed by atoms with E-state index in [0.29, 0.717) is 11.5 Å². The van der Waals surface area contributed by atoms with Crippen molar-refractivity contribution in [2.24, 2.45) is 0 Å². The molecular weight excluding hydrogens is 262 g/mol. The van der Waals surface area contributed by atoms with Gasteiger partial charge in [0.15, 0.2) is 0 Å². The van der Waals surface area contributed by atoms with Crippen molar-refractivity contribution in [3.8, 4) is 0 Å². The van der Waals surface area contributed by atoms with Crippen LogP contribution in [0.5, 0.6) is 0 Å². The van der Waals surface area contributed by atoms with Gasteiger partial charge in [0.25, 0.3) is 5.91 Å². The molecule has 3 heterocycles. The highest BCUT2D eigenvalue weighted by Crippen LogP contribution is 2.27. The molecular formula is C17H19N3O. The van der Waals surface area contributed by atoms with E-state index in [1.165, 1.54) is 5.56 Å². The van der Waals surface area contributed by atoms with Crippen LogP contribution in [0.1, 0.15) is 40.4 Å². The quantitative estimate of drug-likeness (QED) is 0.850. The molecule has 0 saturated carbocycles. The van der Waals surface area contributed by atoms with Crippen molar-refractivity contribution in [2.75, 3.05) is 13.1 Å². The van der Waals surface area contributed by atoms with Crippen LogP contribution in [-0.2, 0) is 0 Å². The molecule has 0 radical (unpaired) electrons. The molecule has 0 spiro atoms. The van der Waals surface area contributed by atoms with Gasteiger partial charge in [0.2, 0.25) is 0 Å². The second-order valence-electron chi connectivity index (χ2n) is 5.56. The van der Waals surface area contributed by atoms with Gasteiger partial charge in [-0.25, -0.2) is 0 Å². The molecule has 0 unspecified atom stereocenters. The lowest BCUT2D eigenvalue weighted by Gasteiger charge is -2.33. The average molecular weight is 281 g/mol. The van der Waals surface area contributed by atoms with Crippen LogP contribution in [0.25, 0.3) is 0 Å². The lowest BCUT2D eigenvalue weighted by molar-refractivity contribution is 0.0706. The van der Waals surface area contributed by atoms with Gasteiger partial charge < -0.3 is 4.90 Å². The number of aromatic nitrogens is 2. The maximum Gasteiger partial charge on any atom is 0.255 e. The van der Waals surface area contributed by atoms with Crippen molar-refractivity contribution in [1.82, 2.24) is 14.9 Å². The lowest BCUT2D eigenvalue weighted by Crippen LogP contribution is -2.39. The van der Waals surface area contributed by atoms with E-state index >= 15 is 0 Å². The Morgan fingerprint density at radius 2 is 2.24 bits per heavy atom. The zero-order chi connectivity index (χ0) is 14.7. The molecule has 1 amide bonds. The molecule has 1 fully saturated rings. The van der Waals surface area contributed by atoms with E-state index in [4.69, 9.17) is 0 Å². The molecule has 108 valence electrons. The smallest absolute Gasteiger partial charge is 0.255 e. The fraction of sp³-hybridized carbons (Fsp3) is 0.353. The zero-order valence-electron chi connectivity index (χ0n) is 12.2. The summed E-state index contributed by atoms with van der Waals surface area (Å²) in [5.41, 5.74) is 2.98. The molecule has 4 heteroatoms. The molecule has 2 aromatic heterocycles. The maximum absolute atomic E-state index is 12.5. The van der Waals surface area contributed by atoms with Gasteiger partial charge in [-0.05, 0) is 49.6 Å². The predicted molar refractivity (Wildman–Crippen MR) is 81.1 cm³/mol. The van der Waals surface area contributed by atoms with Crippen molar-refractivity contribution in [1.29, 1.82) is 0 Å². The summed E-state index contributed by atoms with van der Waals surface area (Å²) in [6, 6.07) is 7.83. The highest BCUT2D eigenvalue weighted by atomic mass is 16.2. The number of piperidine rings is 1. The molecule has 0 N–H and O–H groups in total. The van der Waals surface area contributed by atoms with Gasteiger partial charge in [-0.1, -0.05) is 0 Å². The van der Waals surface area contributed by atoms with Crippen LogP contribution in [0.15, 0.2) is 42.9 Å². The summed E-state index contributed by atoms with van der Waals surface area (Å²) >= 11 is 0. The Balaban J connectivity index is 1.75. The number of likely N-dealkylation sites (tertiary alicyclic amines) is 1. The van der Waals surface area contributed by atoms with Crippen LogP contribution in [0.3, 0.4) is 0 Å². The molecule has 1 atom stereocenters. The molecule has 0 aliphatic carbocycles. The lowest BCUT2D eigenvalue weighted by atomic mass is 9.90. The van der Waals surface area contributed by atoms with E-state index in [9.17, 15) is 4.79 Å². The number of nitrogens with zero attached hydrogens (tertiary/aromatic N) is 3. The van der Waals surface area contributed by atoms with Gasteiger partial charge in [0, 0.05) is 43.3 Å². The van der Waals surface area contributed by atoms with Crippen molar-refractivity contribution in [3.63, 3.8) is 0 Å². The van der Waals surface area contributed by atoms with Gasteiger partial charge in [0.05, 0.1) is 5.56 Å². The van der Waals surface area contributed by atoms with Gasteiger partial charge in [-0.15, -0.1) is 0 Å². The number of amides is 1. The summed E-state index contributed by atoms with van der Waals surface area (Å²) in [5.74, 6) is 0.486. The van der Waals surface area contributed by atoms with E-state index < -0.39 is 0 Å². The Hall–Kier alpha value is -2.23.